The molecule has 0 saturated heterocycles. The molecule has 17 heavy (non-hydrogen) atoms. The van der Waals surface area contributed by atoms with Gasteiger partial charge in [-0.1, -0.05) is 23.7 Å². The first-order chi connectivity index (χ1) is 8.13. The van der Waals surface area contributed by atoms with Gasteiger partial charge in [0.25, 0.3) is 0 Å². The number of fused-ring (bicyclic) bond motifs is 1. The van der Waals surface area contributed by atoms with Crippen LogP contribution in [-0.2, 0) is 11.2 Å². The standard InChI is InChI=1S/C11H10ClNO4/c1-2-7-6-3-4-8(16-5-9(14)15)10(12)11(6)17-13-7/h3-4H,2,5H2,1H3,(H,14,15). The maximum Gasteiger partial charge on any atom is 0.341 e. The van der Waals surface area contributed by atoms with Gasteiger partial charge in [0.2, 0.25) is 0 Å². The highest BCUT2D eigenvalue weighted by molar-refractivity contribution is 6.36. The average molecular weight is 256 g/mol. The first kappa shape index (κ1) is 11.7. The normalized spacial score (nSPS) is 10.7. The lowest BCUT2D eigenvalue weighted by atomic mass is 10.2. The molecule has 0 aliphatic rings. The number of aromatic nitrogens is 1. The van der Waals surface area contributed by atoms with Gasteiger partial charge in [-0.15, -0.1) is 0 Å². The summed E-state index contributed by atoms with van der Waals surface area (Å²) in [6.45, 7) is 1.51. The highest BCUT2D eigenvalue weighted by atomic mass is 35.5. The third-order valence-corrected chi connectivity index (χ3v) is 2.66. The summed E-state index contributed by atoms with van der Waals surface area (Å²) in [5, 5.41) is 13.5. The molecular weight excluding hydrogens is 246 g/mol. The van der Waals surface area contributed by atoms with Crippen LogP contribution >= 0.6 is 11.6 Å². The summed E-state index contributed by atoms with van der Waals surface area (Å²) in [4.78, 5) is 10.4. The fraction of sp³-hybridized carbons (Fsp3) is 0.273. The Hall–Kier alpha value is -1.75. The molecule has 1 aromatic heterocycles. The Kier molecular flexibility index (Phi) is 3.19. The molecule has 0 radical (unpaired) electrons. The molecule has 6 heteroatoms. The van der Waals surface area contributed by atoms with Gasteiger partial charge in [-0.25, -0.2) is 4.79 Å². The molecule has 0 unspecified atom stereocenters. The van der Waals surface area contributed by atoms with Crippen molar-refractivity contribution in [1.82, 2.24) is 5.16 Å². The van der Waals surface area contributed by atoms with E-state index in [0.29, 0.717) is 5.58 Å². The Morgan fingerprint density at radius 1 is 1.59 bits per heavy atom. The number of benzene rings is 1. The van der Waals surface area contributed by atoms with Crippen molar-refractivity contribution in [3.8, 4) is 5.75 Å². The van der Waals surface area contributed by atoms with Crippen LogP contribution < -0.4 is 4.74 Å². The number of carbonyl (C=O) groups is 1. The number of hydrogen-bond acceptors (Lipinski definition) is 4. The molecular formula is C11H10ClNO4. The summed E-state index contributed by atoms with van der Waals surface area (Å²) < 4.78 is 10.1. The van der Waals surface area contributed by atoms with Crippen LogP contribution in [0.15, 0.2) is 16.7 Å². The van der Waals surface area contributed by atoms with Crippen LogP contribution in [0.4, 0.5) is 0 Å². The smallest absolute Gasteiger partial charge is 0.341 e. The quantitative estimate of drug-likeness (QED) is 0.909. The minimum atomic E-state index is -1.06. The van der Waals surface area contributed by atoms with E-state index in [1.54, 1.807) is 12.1 Å². The van der Waals surface area contributed by atoms with Gasteiger partial charge in [0, 0.05) is 5.39 Å². The first-order valence-corrected chi connectivity index (χ1v) is 5.42. The molecule has 0 fully saturated rings. The van der Waals surface area contributed by atoms with Crippen LogP contribution in [0.3, 0.4) is 0 Å². The fourth-order valence-electron chi connectivity index (χ4n) is 1.51. The molecule has 1 aromatic carbocycles. The van der Waals surface area contributed by atoms with E-state index in [9.17, 15) is 4.79 Å². The van der Waals surface area contributed by atoms with Crippen LogP contribution in [0, 0.1) is 0 Å². The molecule has 5 nitrogen and oxygen atoms in total. The third-order valence-electron chi connectivity index (χ3n) is 2.31. The Morgan fingerprint density at radius 2 is 2.35 bits per heavy atom. The van der Waals surface area contributed by atoms with Gasteiger partial charge < -0.3 is 14.4 Å². The van der Waals surface area contributed by atoms with E-state index < -0.39 is 12.6 Å². The SMILES string of the molecule is CCc1noc2c(Cl)c(OCC(=O)O)ccc12. The topological polar surface area (TPSA) is 72.6 Å². The Balaban J connectivity index is 2.40. The van der Waals surface area contributed by atoms with Crippen LogP contribution in [-0.4, -0.2) is 22.8 Å². The van der Waals surface area contributed by atoms with Crippen molar-refractivity contribution < 1.29 is 19.2 Å². The minimum absolute atomic E-state index is 0.246. The second kappa shape index (κ2) is 4.63. The lowest BCUT2D eigenvalue weighted by molar-refractivity contribution is -0.139. The number of carboxylic acids is 1. The molecule has 1 heterocycles. The molecule has 2 rings (SSSR count). The number of aryl methyl sites for hydroxylation is 1. The predicted octanol–water partition coefficient (Wildman–Crippen LogP) is 2.51. The van der Waals surface area contributed by atoms with Crippen LogP contribution in [0.5, 0.6) is 5.75 Å². The van der Waals surface area contributed by atoms with Crippen molar-refractivity contribution >= 4 is 28.5 Å². The number of hydrogen-bond donors (Lipinski definition) is 1. The lowest BCUT2D eigenvalue weighted by Gasteiger charge is -2.04. The van der Waals surface area contributed by atoms with Gasteiger partial charge >= 0.3 is 5.97 Å². The average Bonchev–Trinajstić information content (AvgIpc) is 2.71. The monoisotopic (exact) mass is 255 g/mol. The maximum atomic E-state index is 10.4. The number of aliphatic carboxylic acids is 1. The van der Waals surface area contributed by atoms with Gasteiger partial charge in [-0.05, 0) is 18.6 Å². The number of nitrogens with zero attached hydrogens (tertiary/aromatic N) is 1. The van der Waals surface area contributed by atoms with Crippen molar-refractivity contribution in [1.29, 1.82) is 0 Å². The van der Waals surface area contributed by atoms with E-state index in [2.05, 4.69) is 5.16 Å². The van der Waals surface area contributed by atoms with Gasteiger partial charge in [0.05, 0.1) is 5.69 Å². The van der Waals surface area contributed by atoms with Crippen LogP contribution in [0.25, 0.3) is 11.0 Å². The Bertz CT molecular complexity index is 564. The summed E-state index contributed by atoms with van der Waals surface area (Å²) in [7, 11) is 0. The van der Waals surface area contributed by atoms with Crippen LogP contribution in [0.1, 0.15) is 12.6 Å². The van der Waals surface area contributed by atoms with Crippen LogP contribution in [0.2, 0.25) is 5.02 Å². The van der Waals surface area contributed by atoms with Crippen molar-refractivity contribution in [2.45, 2.75) is 13.3 Å². The second-order valence-electron chi connectivity index (χ2n) is 3.42. The molecule has 0 amide bonds. The third kappa shape index (κ3) is 2.19. The zero-order valence-corrected chi connectivity index (χ0v) is 9.82. The van der Waals surface area contributed by atoms with E-state index in [-0.39, 0.29) is 10.8 Å². The van der Waals surface area contributed by atoms with E-state index in [1.165, 1.54) is 0 Å². The van der Waals surface area contributed by atoms with Crippen molar-refractivity contribution in [3.63, 3.8) is 0 Å². The van der Waals surface area contributed by atoms with Gasteiger partial charge in [0.1, 0.15) is 10.8 Å². The molecule has 1 N–H and O–H groups in total. The Morgan fingerprint density at radius 3 is 3.00 bits per heavy atom. The highest BCUT2D eigenvalue weighted by Gasteiger charge is 2.14. The zero-order valence-electron chi connectivity index (χ0n) is 9.07. The molecule has 90 valence electrons. The number of halogens is 1. The summed E-state index contributed by atoms with van der Waals surface area (Å²) >= 11 is 6.04. The predicted molar refractivity (Wildman–Crippen MR) is 61.5 cm³/mol. The summed E-state index contributed by atoms with van der Waals surface area (Å²) in [6.07, 6.45) is 0.735. The summed E-state index contributed by atoms with van der Waals surface area (Å²) in [6, 6.07) is 3.37. The zero-order chi connectivity index (χ0) is 12.4. The minimum Gasteiger partial charge on any atom is -0.480 e. The van der Waals surface area contributed by atoms with E-state index in [0.717, 1.165) is 17.5 Å². The van der Waals surface area contributed by atoms with Gasteiger partial charge in [-0.3, -0.25) is 0 Å². The molecule has 0 saturated carbocycles. The fourth-order valence-corrected chi connectivity index (χ4v) is 1.76. The molecule has 0 aliphatic carbocycles. The number of carboxylic acid groups (broad SMARTS) is 1. The molecule has 2 aromatic rings. The largest absolute Gasteiger partial charge is 0.480 e. The Labute approximate surface area is 102 Å². The van der Waals surface area contributed by atoms with E-state index in [4.69, 9.17) is 26.0 Å². The maximum absolute atomic E-state index is 10.4. The van der Waals surface area contributed by atoms with E-state index in [1.807, 2.05) is 6.92 Å². The van der Waals surface area contributed by atoms with Crippen molar-refractivity contribution in [2.75, 3.05) is 6.61 Å². The first-order valence-electron chi connectivity index (χ1n) is 5.04. The lowest BCUT2D eigenvalue weighted by Crippen LogP contribution is -2.09. The molecule has 0 atom stereocenters. The second-order valence-corrected chi connectivity index (χ2v) is 3.80. The van der Waals surface area contributed by atoms with Crippen molar-refractivity contribution in [3.05, 3.63) is 22.8 Å². The molecule has 0 aliphatic heterocycles. The molecule has 0 spiro atoms. The summed E-state index contributed by atoms with van der Waals surface area (Å²) in [5.41, 5.74) is 1.23. The number of rotatable bonds is 4. The van der Waals surface area contributed by atoms with E-state index >= 15 is 0 Å². The van der Waals surface area contributed by atoms with Gasteiger partial charge in [-0.2, -0.15) is 0 Å². The van der Waals surface area contributed by atoms with Crippen molar-refractivity contribution in [2.24, 2.45) is 0 Å². The highest BCUT2D eigenvalue weighted by Crippen LogP contribution is 2.34. The molecule has 0 bridgehead atoms. The number of ether oxygens (including phenoxy) is 1. The van der Waals surface area contributed by atoms with Gasteiger partial charge in [0.15, 0.2) is 12.2 Å². The summed E-state index contributed by atoms with van der Waals surface area (Å²) in [5.74, 6) is -0.784.